The SMILES string of the molecule is CCC(=O)N1C[C@@H]2[C@H](CNS(=O)(=O)CC3CCCC3)[C@H]3CC[C@]2(C1)O3. The number of likely N-dealkylation sites (tertiary alicyclic amines) is 1. The zero-order chi connectivity index (χ0) is 17.7. The Morgan fingerprint density at radius 1 is 1.28 bits per heavy atom. The van der Waals surface area contributed by atoms with Crippen molar-refractivity contribution in [2.75, 3.05) is 25.4 Å². The molecule has 3 heterocycles. The Labute approximate surface area is 150 Å². The first kappa shape index (κ1) is 17.7. The lowest BCUT2D eigenvalue weighted by Crippen LogP contribution is -2.42. The monoisotopic (exact) mass is 370 g/mol. The van der Waals surface area contributed by atoms with E-state index in [1.165, 1.54) is 0 Å². The van der Waals surface area contributed by atoms with Crippen molar-refractivity contribution in [1.29, 1.82) is 0 Å². The number of carbonyl (C=O) groups excluding carboxylic acids is 1. The van der Waals surface area contributed by atoms with Crippen LogP contribution in [0.2, 0.25) is 0 Å². The highest BCUT2D eigenvalue weighted by Gasteiger charge is 2.63. The van der Waals surface area contributed by atoms with Crippen LogP contribution in [0.1, 0.15) is 51.9 Å². The summed E-state index contributed by atoms with van der Waals surface area (Å²) < 4.78 is 34.0. The minimum absolute atomic E-state index is 0.151. The van der Waals surface area contributed by atoms with E-state index in [2.05, 4.69) is 4.72 Å². The largest absolute Gasteiger partial charge is 0.369 e. The first-order chi connectivity index (χ1) is 11.9. The highest BCUT2D eigenvalue weighted by Crippen LogP contribution is 2.54. The Morgan fingerprint density at radius 2 is 2.04 bits per heavy atom. The third kappa shape index (κ3) is 3.23. The fourth-order valence-corrected chi connectivity index (χ4v) is 7.16. The number of hydrogen-bond donors (Lipinski definition) is 1. The molecule has 6 nitrogen and oxygen atoms in total. The van der Waals surface area contributed by atoms with Crippen molar-refractivity contribution in [2.24, 2.45) is 17.8 Å². The molecule has 4 aliphatic rings. The molecule has 4 fully saturated rings. The van der Waals surface area contributed by atoms with Crippen LogP contribution in [0, 0.1) is 17.8 Å². The van der Waals surface area contributed by atoms with E-state index in [-0.39, 0.29) is 35.2 Å². The van der Waals surface area contributed by atoms with Gasteiger partial charge in [-0.05, 0) is 31.6 Å². The number of carbonyl (C=O) groups is 1. The highest BCUT2D eigenvalue weighted by molar-refractivity contribution is 7.89. The van der Waals surface area contributed by atoms with Gasteiger partial charge in [0.15, 0.2) is 0 Å². The fourth-order valence-electron chi connectivity index (χ4n) is 5.65. The van der Waals surface area contributed by atoms with Crippen molar-refractivity contribution in [1.82, 2.24) is 9.62 Å². The van der Waals surface area contributed by atoms with Crippen molar-refractivity contribution in [3.63, 3.8) is 0 Å². The van der Waals surface area contributed by atoms with Gasteiger partial charge in [0, 0.05) is 31.3 Å². The van der Waals surface area contributed by atoms with Crippen molar-refractivity contribution < 1.29 is 17.9 Å². The van der Waals surface area contributed by atoms with Crippen LogP contribution in [0.5, 0.6) is 0 Å². The van der Waals surface area contributed by atoms with Gasteiger partial charge in [0.1, 0.15) is 0 Å². The van der Waals surface area contributed by atoms with E-state index >= 15 is 0 Å². The third-order valence-corrected chi connectivity index (χ3v) is 8.42. The summed E-state index contributed by atoms with van der Waals surface area (Å²) in [6.45, 7) is 3.76. The van der Waals surface area contributed by atoms with E-state index in [1.54, 1.807) is 0 Å². The molecule has 4 rings (SSSR count). The Balaban J connectivity index is 1.39. The third-order valence-electron chi connectivity index (χ3n) is 6.91. The minimum atomic E-state index is -3.22. The van der Waals surface area contributed by atoms with Gasteiger partial charge in [0.25, 0.3) is 0 Å². The van der Waals surface area contributed by atoms with Crippen LogP contribution in [0.25, 0.3) is 0 Å². The molecule has 0 aromatic rings. The van der Waals surface area contributed by atoms with Gasteiger partial charge in [0.05, 0.1) is 24.0 Å². The maximum atomic E-state index is 12.4. The summed E-state index contributed by atoms with van der Waals surface area (Å²) in [7, 11) is -3.22. The molecule has 4 atom stereocenters. The summed E-state index contributed by atoms with van der Waals surface area (Å²) in [5, 5.41) is 0. The number of nitrogens with zero attached hydrogens (tertiary/aromatic N) is 1. The molecular weight excluding hydrogens is 340 g/mol. The van der Waals surface area contributed by atoms with Gasteiger partial charge >= 0.3 is 0 Å². The predicted molar refractivity (Wildman–Crippen MR) is 94.4 cm³/mol. The van der Waals surface area contributed by atoms with Crippen LogP contribution in [0.4, 0.5) is 0 Å². The Morgan fingerprint density at radius 3 is 2.76 bits per heavy atom. The number of sulfonamides is 1. The first-order valence-corrected chi connectivity index (χ1v) is 11.5. The summed E-state index contributed by atoms with van der Waals surface area (Å²) in [6.07, 6.45) is 7.05. The molecule has 0 aromatic heterocycles. The van der Waals surface area contributed by atoms with E-state index in [0.717, 1.165) is 45.1 Å². The second-order valence-electron chi connectivity index (χ2n) is 8.44. The van der Waals surface area contributed by atoms with Crippen molar-refractivity contribution in [3.8, 4) is 0 Å². The molecule has 1 spiro atoms. The van der Waals surface area contributed by atoms with Gasteiger partial charge < -0.3 is 9.64 Å². The van der Waals surface area contributed by atoms with Gasteiger partial charge in [-0.25, -0.2) is 13.1 Å². The van der Waals surface area contributed by atoms with Crippen LogP contribution in [-0.2, 0) is 19.6 Å². The molecule has 25 heavy (non-hydrogen) atoms. The van der Waals surface area contributed by atoms with Crippen molar-refractivity contribution in [3.05, 3.63) is 0 Å². The van der Waals surface area contributed by atoms with Crippen LogP contribution < -0.4 is 4.72 Å². The van der Waals surface area contributed by atoms with Crippen LogP contribution in [-0.4, -0.2) is 56.3 Å². The molecule has 2 bridgehead atoms. The van der Waals surface area contributed by atoms with Gasteiger partial charge in [-0.3, -0.25) is 4.79 Å². The number of hydrogen-bond acceptors (Lipinski definition) is 4. The standard InChI is InChI=1S/C18H30N2O4S/c1-2-17(21)20-10-15-14(16-7-8-18(15,12-20)24-16)9-19-25(22,23)11-13-5-3-4-6-13/h13-16,19H,2-12H2,1H3/t14-,15+,16+,18+/m0/s1. The normalized spacial score (nSPS) is 37.8. The number of nitrogens with one attached hydrogen (secondary N) is 1. The average molecular weight is 371 g/mol. The molecule has 0 unspecified atom stereocenters. The van der Waals surface area contributed by atoms with Gasteiger partial charge in [-0.1, -0.05) is 19.8 Å². The molecule has 3 aliphatic heterocycles. The Hall–Kier alpha value is -0.660. The molecule has 3 saturated heterocycles. The maximum Gasteiger partial charge on any atom is 0.222 e. The summed E-state index contributed by atoms with van der Waals surface area (Å²) >= 11 is 0. The average Bonchev–Trinajstić information content (AvgIpc) is 3.32. The lowest BCUT2D eigenvalue weighted by molar-refractivity contribution is -0.131. The molecule has 142 valence electrons. The summed E-state index contributed by atoms with van der Waals surface area (Å²) in [4.78, 5) is 14.0. The molecule has 1 N–H and O–H groups in total. The van der Waals surface area contributed by atoms with Gasteiger partial charge in [0.2, 0.25) is 15.9 Å². The summed E-state index contributed by atoms with van der Waals surface area (Å²) in [5.41, 5.74) is -0.211. The number of amides is 1. The van der Waals surface area contributed by atoms with Crippen LogP contribution >= 0.6 is 0 Å². The molecule has 1 amide bonds. The van der Waals surface area contributed by atoms with Crippen molar-refractivity contribution in [2.45, 2.75) is 63.6 Å². The number of fused-ring (bicyclic) bond motifs is 1. The maximum absolute atomic E-state index is 12.4. The summed E-state index contributed by atoms with van der Waals surface area (Å²) in [6, 6.07) is 0. The molecule has 1 saturated carbocycles. The quantitative estimate of drug-likeness (QED) is 0.769. The molecule has 0 aromatic carbocycles. The second-order valence-corrected chi connectivity index (χ2v) is 10.3. The first-order valence-electron chi connectivity index (χ1n) is 9.85. The molecular formula is C18H30N2O4S. The summed E-state index contributed by atoms with van der Waals surface area (Å²) in [5.74, 6) is 1.24. The van der Waals surface area contributed by atoms with E-state index in [0.29, 0.717) is 25.4 Å². The topological polar surface area (TPSA) is 75.7 Å². The predicted octanol–water partition coefficient (Wildman–Crippen LogP) is 1.51. The van der Waals surface area contributed by atoms with Crippen molar-refractivity contribution >= 4 is 15.9 Å². The number of ether oxygens (including phenoxy) is 1. The molecule has 7 heteroatoms. The second kappa shape index (κ2) is 6.50. The van der Waals surface area contributed by atoms with Gasteiger partial charge in [-0.15, -0.1) is 0 Å². The number of rotatable bonds is 6. The smallest absolute Gasteiger partial charge is 0.222 e. The zero-order valence-electron chi connectivity index (χ0n) is 15.1. The van der Waals surface area contributed by atoms with E-state index in [9.17, 15) is 13.2 Å². The van der Waals surface area contributed by atoms with Crippen LogP contribution in [0.3, 0.4) is 0 Å². The van der Waals surface area contributed by atoms with Gasteiger partial charge in [-0.2, -0.15) is 0 Å². The zero-order valence-corrected chi connectivity index (χ0v) is 15.9. The minimum Gasteiger partial charge on any atom is -0.369 e. The van der Waals surface area contributed by atoms with E-state index in [1.807, 2.05) is 11.8 Å². The van der Waals surface area contributed by atoms with E-state index in [4.69, 9.17) is 4.74 Å². The Kier molecular flexibility index (Phi) is 4.61. The molecule has 1 aliphatic carbocycles. The molecule has 0 radical (unpaired) electrons. The van der Waals surface area contributed by atoms with Crippen LogP contribution in [0.15, 0.2) is 0 Å². The van der Waals surface area contributed by atoms with E-state index < -0.39 is 10.0 Å². The Bertz CT molecular complexity index is 631. The lowest BCUT2D eigenvalue weighted by Gasteiger charge is -2.29. The lowest BCUT2D eigenvalue weighted by atomic mass is 9.74. The fraction of sp³-hybridized carbons (Fsp3) is 0.944. The highest BCUT2D eigenvalue weighted by atomic mass is 32.2.